The van der Waals surface area contributed by atoms with Crippen LogP contribution in [0.2, 0.25) is 0 Å². The Morgan fingerprint density at radius 1 is 0.429 bits per heavy atom. The van der Waals surface area contributed by atoms with E-state index in [4.69, 9.17) is 4.42 Å². The maximum absolute atomic E-state index is 6.35. The van der Waals surface area contributed by atoms with Gasteiger partial charge in [-0.05, 0) is 75.3 Å². The van der Waals surface area contributed by atoms with Crippen LogP contribution < -0.4 is 0 Å². The molecule has 1 nitrogen and oxygen atoms in total. The lowest BCUT2D eigenvalue weighted by Crippen LogP contribution is -1.92. The van der Waals surface area contributed by atoms with Crippen LogP contribution in [0.1, 0.15) is 11.1 Å². The smallest absolute Gasteiger partial charge is 0.143 e. The largest absolute Gasteiger partial charge is 0.455 e. The van der Waals surface area contributed by atoms with E-state index in [-0.39, 0.29) is 0 Å². The van der Waals surface area contributed by atoms with Gasteiger partial charge in [-0.15, -0.1) is 0 Å². The van der Waals surface area contributed by atoms with E-state index in [0.29, 0.717) is 0 Å². The summed E-state index contributed by atoms with van der Waals surface area (Å²) >= 11 is 0. The van der Waals surface area contributed by atoms with Crippen LogP contribution in [0.3, 0.4) is 0 Å². The van der Waals surface area contributed by atoms with Crippen molar-refractivity contribution < 1.29 is 4.42 Å². The first-order chi connectivity index (χ1) is 17.2. The van der Waals surface area contributed by atoms with E-state index >= 15 is 0 Å². The molecule has 0 aliphatic rings. The minimum atomic E-state index is 0.934. The minimum absolute atomic E-state index is 0.934. The van der Waals surface area contributed by atoms with Crippen molar-refractivity contribution in [3.63, 3.8) is 0 Å². The van der Waals surface area contributed by atoms with Crippen molar-refractivity contribution >= 4 is 43.5 Å². The molecule has 6 aromatic carbocycles. The molecule has 0 unspecified atom stereocenters. The average Bonchev–Trinajstić information content (AvgIpc) is 3.28. The topological polar surface area (TPSA) is 13.1 Å². The zero-order valence-electron chi connectivity index (χ0n) is 19.8. The van der Waals surface area contributed by atoms with Gasteiger partial charge in [0, 0.05) is 16.3 Å². The monoisotopic (exact) mass is 448 g/mol. The Hall–Kier alpha value is -4.36. The Bertz CT molecular complexity index is 1920. The highest BCUT2D eigenvalue weighted by Gasteiger charge is 2.16. The zero-order valence-corrected chi connectivity index (χ0v) is 19.8. The molecule has 0 saturated carbocycles. The molecule has 0 radical (unpaired) electrons. The number of rotatable bonds is 2. The number of hydrogen-bond acceptors (Lipinski definition) is 1. The molecule has 35 heavy (non-hydrogen) atoms. The number of furan rings is 1. The third kappa shape index (κ3) is 3.02. The van der Waals surface area contributed by atoms with E-state index in [9.17, 15) is 0 Å². The standard InChI is InChI=1S/C34H24O/c1-21-19-31(32-20-23-10-3-4-11-24(23)25-12-5-6-13-26(25)32)22(2)18-30(21)29-16-9-15-28-27-14-7-8-17-33(27)35-34(28)29/h3-20H,1-2H3. The second kappa shape index (κ2) is 7.58. The minimum Gasteiger partial charge on any atom is -0.455 e. The van der Waals surface area contributed by atoms with Crippen molar-refractivity contribution in [2.45, 2.75) is 13.8 Å². The first-order valence-electron chi connectivity index (χ1n) is 12.1. The summed E-state index contributed by atoms with van der Waals surface area (Å²) in [6.07, 6.45) is 0. The van der Waals surface area contributed by atoms with E-state index in [1.807, 2.05) is 12.1 Å². The molecule has 0 spiro atoms. The van der Waals surface area contributed by atoms with Gasteiger partial charge in [0.2, 0.25) is 0 Å². The van der Waals surface area contributed by atoms with Gasteiger partial charge in [-0.3, -0.25) is 0 Å². The van der Waals surface area contributed by atoms with Crippen LogP contribution in [0.25, 0.3) is 65.7 Å². The molecular weight excluding hydrogens is 424 g/mol. The van der Waals surface area contributed by atoms with Gasteiger partial charge in [-0.2, -0.15) is 0 Å². The molecule has 0 N–H and O–H groups in total. The number of aryl methyl sites for hydroxylation is 2. The fraction of sp³-hybridized carbons (Fsp3) is 0.0588. The summed E-state index contributed by atoms with van der Waals surface area (Å²) in [5, 5.41) is 7.50. The molecule has 0 atom stereocenters. The maximum Gasteiger partial charge on any atom is 0.143 e. The molecule has 7 rings (SSSR count). The van der Waals surface area contributed by atoms with Crippen molar-refractivity contribution in [3.8, 4) is 22.3 Å². The quantitative estimate of drug-likeness (QED) is 0.240. The van der Waals surface area contributed by atoms with Gasteiger partial charge in [0.25, 0.3) is 0 Å². The van der Waals surface area contributed by atoms with Crippen molar-refractivity contribution in [1.29, 1.82) is 0 Å². The Kier molecular flexibility index (Phi) is 4.34. The predicted octanol–water partition coefficient (Wildman–Crippen LogP) is 9.84. The average molecular weight is 449 g/mol. The highest BCUT2D eigenvalue weighted by Crippen LogP contribution is 2.41. The number of fused-ring (bicyclic) bond motifs is 6. The Labute approximate surface area is 204 Å². The summed E-state index contributed by atoms with van der Waals surface area (Å²) in [6, 6.07) is 39.2. The van der Waals surface area contributed by atoms with Gasteiger partial charge < -0.3 is 4.42 Å². The summed E-state index contributed by atoms with van der Waals surface area (Å²) in [5.74, 6) is 0. The summed E-state index contributed by atoms with van der Waals surface area (Å²) in [6.45, 7) is 4.43. The van der Waals surface area contributed by atoms with Gasteiger partial charge in [0.1, 0.15) is 11.2 Å². The molecule has 1 heterocycles. The Morgan fingerprint density at radius 3 is 1.83 bits per heavy atom. The normalized spacial score (nSPS) is 11.7. The molecule has 0 amide bonds. The molecule has 0 bridgehead atoms. The van der Waals surface area contributed by atoms with Crippen LogP contribution in [-0.2, 0) is 0 Å². The lowest BCUT2D eigenvalue weighted by atomic mass is 9.88. The van der Waals surface area contributed by atoms with Crippen molar-refractivity contribution in [1.82, 2.24) is 0 Å². The van der Waals surface area contributed by atoms with E-state index in [1.54, 1.807) is 0 Å². The first-order valence-corrected chi connectivity index (χ1v) is 12.1. The van der Waals surface area contributed by atoms with Crippen molar-refractivity contribution in [3.05, 3.63) is 120 Å². The number of benzene rings is 6. The second-order valence-corrected chi connectivity index (χ2v) is 9.45. The Balaban J connectivity index is 1.48. The molecule has 0 aliphatic heterocycles. The van der Waals surface area contributed by atoms with Crippen LogP contribution in [-0.4, -0.2) is 0 Å². The lowest BCUT2D eigenvalue weighted by Gasteiger charge is -2.16. The predicted molar refractivity (Wildman–Crippen MR) is 149 cm³/mol. The third-order valence-corrected chi connectivity index (χ3v) is 7.32. The third-order valence-electron chi connectivity index (χ3n) is 7.32. The summed E-state index contributed by atoms with van der Waals surface area (Å²) in [4.78, 5) is 0. The highest BCUT2D eigenvalue weighted by atomic mass is 16.3. The van der Waals surface area contributed by atoms with Gasteiger partial charge in [-0.1, -0.05) is 97.1 Å². The second-order valence-electron chi connectivity index (χ2n) is 9.45. The van der Waals surface area contributed by atoms with E-state index in [0.717, 1.165) is 22.1 Å². The molecule has 1 heteroatoms. The molecule has 0 aliphatic carbocycles. The van der Waals surface area contributed by atoms with Crippen LogP contribution in [0.15, 0.2) is 114 Å². The fourth-order valence-corrected chi connectivity index (χ4v) is 5.63. The molecule has 0 fully saturated rings. The highest BCUT2D eigenvalue weighted by molar-refractivity contribution is 6.14. The van der Waals surface area contributed by atoms with E-state index in [2.05, 4.69) is 111 Å². The molecule has 166 valence electrons. The van der Waals surface area contributed by atoms with E-state index in [1.165, 1.54) is 54.7 Å². The molecule has 0 saturated heterocycles. The van der Waals surface area contributed by atoms with Crippen LogP contribution >= 0.6 is 0 Å². The summed E-state index contributed by atoms with van der Waals surface area (Å²) in [7, 11) is 0. The maximum atomic E-state index is 6.35. The van der Waals surface area contributed by atoms with Gasteiger partial charge in [-0.25, -0.2) is 0 Å². The summed E-state index contributed by atoms with van der Waals surface area (Å²) < 4.78 is 6.35. The fourth-order valence-electron chi connectivity index (χ4n) is 5.63. The van der Waals surface area contributed by atoms with Crippen LogP contribution in [0, 0.1) is 13.8 Å². The van der Waals surface area contributed by atoms with Crippen LogP contribution in [0.4, 0.5) is 0 Å². The molecule has 1 aromatic heterocycles. The zero-order chi connectivity index (χ0) is 23.5. The first kappa shape index (κ1) is 20.1. The Morgan fingerprint density at radius 2 is 1.03 bits per heavy atom. The van der Waals surface area contributed by atoms with Crippen molar-refractivity contribution in [2.24, 2.45) is 0 Å². The number of para-hydroxylation sites is 2. The SMILES string of the molecule is Cc1cc(-c2cccc3c2oc2ccccc23)c(C)cc1-c1cc2ccccc2c2ccccc12. The van der Waals surface area contributed by atoms with E-state index < -0.39 is 0 Å². The molecule has 7 aromatic rings. The van der Waals surface area contributed by atoms with Gasteiger partial charge in [0.15, 0.2) is 0 Å². The van der Waals surface area contributed by atoms with Gasteiger partial charge >= 0.3 is 0 Å². The molecular formula is C34H24O. The van der Waals surface area contributed by atoms with Crippen LogP contribution in [0.5, 0.6) is 0 Å². The van der Waals surface area contributed by atoms with Gasteiger partial charge in [0.05, 0.1) is 0 Å². The lowest BCUT2D eigenvalue weighted by molar-refractivity contribution is 0.670. The number of hydrogen-bond donors (Lipinski definition) is 0. The summed E-state index contributed by atoms with van der Waals surface area (Å²) in [5.41, 5.74) is 9.34. The van der Waals surface area contributed by atoms with Crippen molar-refractivity contribution in [2.75, 3.05) is 0 Å².